The number of alkyl halides is 3. The number of hydrogen-bond donors (Lipinski definition) is 1. The first-order chi connectivity index (χ1) is 6.11. The molecule has 1 atom stereocenters. The van der Waals surface area contributed by atoms with Crippen molar-refractivity contribution in [3.05, 3.63) is 18.0 Å². The largest absolute Gasteiger partial charge is 0.379 e. The summed E-state index contributed by atoms with van der Waals surface area (Å²) in [7, 11) is 0. The molecular formula is C7H9F3N2S. The van der Waals surface area contributed by atoms with Gasteiger partial charge in [-0.1, -0.05) is 0 Å². The lowest BCUT2D eigenvalue weighted by Crippen LogP contribution is -1.92. The molecule has 1 aliphatic rings. The van der Waals surface area contributed by atoms with Crippen LogP contribution < -0.4 is 0 Å². The number of aryl methyl sites for hydroxylation is 1. The Morgan fingerprint density at radius 2 is 2.15 bits per heavy atom. The molecule has 74 valence electrons. The van der Waals surface area contributed by atoms with Gasteiger partial charge < -0.3 is 0 Å². The maximum atomic E-state index is 9.67. The second-order valence-electron chi connectivity index (χ2n) is 2.53. The summed E-state index contributed by atoms with van der Waals surface area (Å²) in [6.45, 7) is -2.63. The second kappa shape index (κ2) is 4.55. The average Bonchev–Trinajstić information content (AvgIpc) is 2.54. The maximum absolute atomic E-state index is 9.67. The van der Waals surface area contributed by atoms with Crippen LogP contribution in [0.5, 0.6) is 0 Å². The molecule has 0 aliphatic carbocycles. The molecule has 6 heteroatoms. The summed E-state index contributed by atoms with van der Waals surface area (Å²) in [5, 5.41) is 4.54. The van der Waals surface area contributed by atoms with E-state index in [1.807, 2.05) is 16.9 Å². The van der Waals surface area contributed by atoms with Crippen molar-refractivity contribution in [3.63, 3.8) is 0 Å². The lowest BCUT2D eigenvalue weighted by molar-refractivity contribution is 0.00819. The van der Waals surface area contributed by atoms with Crippen LogP contribution in [0.15, 0.2) is 12.3 Å². The van der Waals surface area contributed by atoms with E-state index in [0.29, 0.717) is 5.25 Å². The fraction of sp³-hybridized carbons (Fsp3) is 0.571. The molecule has 1 aromatic rings. The number of rotatable bonds is 0. The average molecular weight is 210 g/mol. The second-order valence-corrected chi connectivity index (χ2v) is 3.15. The van der Waals surface area contributed by atoms with Crippen LogP contribution in [0.3, 0.4) is 0 Å². The van der Waals surface area contributed by atoms with Crippen LogP contribution in [0, 0.1) is 0 Å². The minimum absolute atomic E-state index is 0.424. The molecule has 1 aromatic heterocycles. The molecule has 0 spiro atoms. The monoisotopic (exact) mass is 210 g/mol. The van der Waals surface area contributed by atoms with E-state index in [9.17, 15) is 13.2 Å². The topological polar surface area (TPSA) is 17.8 Å². The molecule has 13 heavy (non-hydrogen) atoms. The summed E-state index contributed by atoms with van der Waals surface area (Å²) in [6.07, 6.45) is 2.96. The number of hydrogen-bond acceptors (Lipinski definition) is 2. The van der Waals surface area contributed by atoms with Crippen molar-refractivity contribution in [2.75, 3.05) is 0 Å². The first kappa shape index (κ1) is 10.4. The fourth-order valence-electron chi connectivity index (χ4n) is 1.21. The van der Waals surface area contributed by atoms with Gasteiger partial charge in [-0.05, 0) is 12.5 Å². The van der Waals surface area contributed by atoms with E-state index in [1.54, 1.807) is 0 Å². The summed E-state index contributed by atoms with van der Waals surface area (Å²) in [5.41, 5.74) is 1.26. The molecule has 0 amide bonds. The fourth-order valence-corrected chi connectivity index (χ4v) is 1.54. The van der Waals surface area contributed by atoms with Crippen LogP contribution in [0.4, 0.5) is 13.2 Å². The van der Waals surface area contributed by atoms with Gasteiger partial charge >= 0.3 is 6.68 Å². The zero-order chi connectivity index (χ0) is 9.84. The van der Waals surface area contributed by atoms with Crippen molar-refractivity contribution >= 4 is 12.6 Å². The Labute approximate surface area is 79.2 Å². The van der Waals surface area contributed by atoms with E-state index in [4.69, 9.17) is 0 Å². The Kier molecular flexibility index (Phi) is 3.65. The normalized spacial score (nSPS) is 19.6. The lowest BCUT2D eigenvalue weighted by Gasteiger charge is -1.94. The summed E-state index contributed by atoms with van der Waals surface area (Å²) < 4.78 is 31.0. The summed E-state index contributed by atoms with van der Waals surface area (Å²) in [4.78, 5) is 0. The summed E-state index contributed by atoms with van der Waals surface area (Å²) >= 11 is 4.38. The van der Waals surface area contributed by atoms with Gasteiger partial charge in [0.25, 0.3) is 0 Å². The number of thiol groups is 1. The molecule has 2 rings (SSSR count). The van der Waals surface area contributed by atoms with E-state index in [1.165, 1.54) is 5.69 Å². The van der Waals surface area contributed by atoms with E-state index >= 15 is 0 Å². The maximum Gasteiger partial charge on any atom is 0.379 e. The van der Waals surface area contributed by atoms with Gasteiger partial charge in [-0.25, -0.2) is 0 Å². The highest BCUT2D eigenvalue weighted by molar-refractivity contribution is 7.80. The van der Waals surface area contributed by atoms with E-state index in [-0.39, 0.29) is 0 Å². The predicted molar refractivity (Wildman–Crippen MR) is 45.7 cm³/mol. The van der Waals surface area contributed by atoms with Crippen molar-refractivity contribution in [2.24, 2.45) is 0 Å². The van der Waals surface area contributed by atoms with Crippen molar-refractivity contribution < 1.29 is 13.2 Å². The third kappa shape index (κ3) is 2.95. The van der Waals surface area contributed by atoms with Crippen molar-refractivity contribution in [1.82, 2.24) is 9.78 Å². The van der Waals surface area contributed by atoms with Gasteiger partial charge in [0.15, 0.2) is 0 Å². The number of fused-ring (bicyclic) bond motifs is 1. The Morgan fingerprint density at radius 3 is 2.69 bits per heavy atom. The van der Waals surface area contributed by atoms with Crippen molar-refractivity contribution in [3.8, 4) is 0 Å². The molecule has 1 aliphatic heterocycles. The summed E-state index contributed by atoms with van der Waals surface area (Å²) in [5.74, 6) is 0. The van der Waals surface area contributed by atoms with Crippen LogP contribution in [0.2, 0.25) is 0 Å². The molecule has 0 saturated carbocycles. The summed E-state index contributed by atoms with van der Waals surface area (Å²) in [6, 6.07) is 2.03. The van der Waals surface area contributed by atoms with Crippen molar-refractivity contribution in [2.45, 2.75) is 24.9 Å². The van der Waals surface area contributed by atoms with Gasteiger partial charge in [0.1, 0.15) is 0 Å². The molecule has 1 unspecified atom stereocenters. The minimum Gasteiger partial charge on any atom is -0.268 e. The van der Waals surface area contributed by atoms with Gasteiger partial charge in [0.2, 0.25) is 0 Å². The molecular weight excluding hydrogens is 201 g/mol. The standard InChI is InChI=1S/C6H8N2S.CHF3/c9-6-2-4-8-5(6)1-3-7-8;2-1(3)4/h1,3,6,9H,2,4H2;1H. The van der Waals surface area contributed by atoms with Gasteiger partial charge in [-0.15, -0.1) is 0 Å². The number of halogens is 3. The smallest absolute Gasteiger partial charge is 0.268 e. The molecule has 0 N–H and O–H groups in total. The molecule has 2 nitrogen and oxygen atoms in total. The highest BCUT2D eigenvalue weighted by Gasteiger charge is 2.18. The lowest BCUT2D eigenvalue weighted by atomic mass is 10.3. The number of nitrogens with zero attached hydrogens (tertiary/aromatic N) is 2. The van der Waals surface area contributed by atoms with E-state index < -0.39 is 6.68 Å². The molecule has 0 bridgehead atoms. The molecule has 0 saturated heterocycles. The Hall–Kier alpha value is -0.650. The van der Waals surface area contributed by atoms with Gasteiger partial charge in [-0.2, -0.15) is 30.9 Å². The third-order valence-electron chi connectivity index (χ3n) is 1.71. The quantitative estimate of drug-likeness (QED) is 0.651. The van der Waals surface area contributed by atoms with Crippen LogP contribution in [-0.4, -0.2) is 16.5 Å². The van der Waals surface area contributed by atoms with Gasteiger partial charge in [-0.3, -0.25) is 4.68 Å². The Balaban J connectivity index is 0.000000184. The first-order valence-corrected chi connectivity index (χ1v) is 4.25. The van der Waals surface area contributed by atoms with Crippen LogP contribution in [0.25, 0.3) is 0 Å². The van der Waals surface area contributed by atoms with Gasteiger partial charge in [0.05, 0.1) is 5.69 Å². The highest BCUT2D eigenvalue weighted by atomic mass is 32.1. The molecule has 2 heterocycles. The molecule has 0 fully saturated rings. The van der Waals surface area contributed by atoms with Crippen molar-refractivity contribution in [1.29, 1.82) is 0 Å². The van der Waals surface area contributed by atoms with Crippen LogP contribution in [-0.2, 0) is 6.54 Å². The van der Waals surface area contributed by atoms with E-state index in [2.05, 4.69) is 17.7 Å². The Morgan fingerprint density at radius 1 is 1.54 bits per heavy atom. The zero-order valence-electron chi connectivity index (χ0n) is 6.70. The molecule has 0 aromatic carbocycles. The first-order valence-electron chi connectivity index (χ1n) is 3.73. The Bertz CT molecular complexity index is 261. The number of aromatic nitrogens is 2. The zero-order valence-corrected chi connectivity index (χ0v) is 7.59. The van der Waals surface area contributed by atoms with E-state index in [0.717, 1.165) is 13.0 Å². The van der Waals surface area contributed by atoms with Gasteiger partial charge in [0, 0.05) is 18.0 Å². The third-order valence-corrected chi connectivity index (χ3v) is 2.23. The molecule has 0 radical (unpaired) electrons. The van der Waals surface area contributed by atoms with Crippen LogP contribution in [0.1, 0.15) is 17.4 Å². The predicted octanol–water partition coefficient (Wildman–Crippen LogP) is 2.44. The highest BCUT2D eigenvalue weighted by Crippen LogP contribution is 2.29. The SMILES string of the molecule is FC(F)F.SC1CCn2nccc21. The minimum atomic E-state index is -3.67. The van der Waals surface area contributed by atoms with Crippen LogP contribution >= 0.6 is 12.6 Å².